The molecule has 0 unspecified atom stereocenters. The molecule has 0 N–H and O–H groups in total. The van der Waals surface area contributed by atoms with Crippen molar-refractivity contribution in [1.82, 2.24) is 14.7 Å². The van der Waals surface area contributed by atoms with Gasteiger partial charge in [-0.1, -0.05) is 0 Å². The zero-order valence-corrected chi connectivity index (χ0v) is 14.6. The van der Waals surface area contributed by atoms with Crippen LogP contribution < -0.4 is 0 Å². The molecule has 0 atom stereocenters. The molecule has 1 aromatic rings. The summed E-state index contributed by atoms with van der Waals surface area (Å²) in [6.07, 6.45) is 6.82. The van der Waals surface area contributed by atoms with Gasteiger partial charge in [0.2, 0.25) is 0 Å². The lowest BCUT2D eigenvalue weighted by molar-refractivity contribution is 0.0179. The van der Waals surface area contributed by atoms with E-state index in [0.717, 1.165) is 43.4 Å². The summed E-state index contributed by atoms with van der Waals surface area (Å²) < 4.78 is 8.39. The van der Waals surface area contributed by atoms with E-state index in [0.29, 0.717) is 5.92 Å². The third-order valence-corrected chi connectivity index (χ3v) is 4.04. The van der Waals surface area contributed by atoms with Crippen molar-refractivity contribution in [3.63, 3.8) is 0 Å². The van der Waals surface area contributed by atoms with Crippen LogP contribution in [-0.2, 0) is 11.3 Å². The van der Waals surface area contributed by atoms with Crippen molar-refractivity contribution in [3.05, 3.63) is 16.9 Å². The molecule has 1 aliphatic rings. The van der Waals surface area contributed by atoms with Gasteiger partial charge in [0.25, 0.3) is 0 Å². The van der Waals surface area contributed by atoms with Gasteiger partial charge in [0.05, 0.1) is 10.7 Å². The number of halogens is 1. The van der Waals surface area contributed by atoms with E-state index < -0.39 is 5.60 Å². The second kappa shape index (κ2) is 6.81. The van der Waals surface area contributed by atoms with E-state index in [9.17, 15) is 4.79 Å². The first-order valence-electron chi connectivity index (χ1n) is 7.49. The normalized spacial score (nSPS) is 17.0. The largest absolute Gasteiger partial charge is 0.444 e. The highest BCUT2D eigenvalue weighted by atomic mass is 79.9. The van der Waals surface area contributed by atoms with Crippen LogP contribution in [0.5, 0.6) is 0 Å². The summed E-state index contributed by atoms with van der Waals surface area (Å²) in [5, 5.41) is 4.27. The molecule has 1 aromatic heterocycles. The second-order valence-electron chi connectivity index (χ2n) is 6.62. The predicted octanol–water partition coefficient (Wildman–Crippen LogP) is 3.68. The lowest BCUT2D eigenvalue weighted by atomic mass is 9.94. The number of aromatic nitrogens is 2. The Morgan fingerprint density at radius 3 is 2.62 bits per heavy atom. The third-order valence-electron chi connectivity index (χ3n) is 3.63. The molecule has 1 amide bonds. The van der Waals surface area contributed by atoms with Gasteiger partial charge in [0.1, 0.15) is 5.60 Å². The fraction of sp³-hybridized carbons (Fsp3) is 0.733. The molecule has 0 spiro atoms. The lowest BCUT2D eigenvalue weighted by Gasteiger charge is -2.33. The lowest BCUT2D eigenvalue weighted by Crippen LogP contribution is -2.41. The number of hydrogen-bond donors (Lipinski definition) is 0. The molecule has 0 aromatic carbocycles. The van der Waals surface area contributed by atoms with Crippen molar-refractivity contribution in [2.24, 2.45) is 5.92 Å². The Kier molecular flexibility index (Phi) is 5.30. The molecule has 1 saturated heterocycles. The van der Waals surface area contributed by atoms with Gasteiger partial charge < -0.3 is 9.64 Å². The number of carbonyl (C=O) groups excluding carboxylic acids is 1. The van der Waals surface area contributed by atoms with Crippen molar-refractivity contribution in [2.45, 2.75) is 52.2 Å². The van der Waals surface area contributed by atoms with Gasteiger partial charge in [0, 0.05) is 25.8 Å². The van der Waals surface area contributed by atoms with Gasteiger partial charge in [-0.15, -0.1) is 0 Å². The van der Waals surface area contributed by atoms with Gasteiger partial charge in [-0.2, -0.15) is 5.10 Å². The number of ether oxygens (including phenoxy) is 1. The summed E-state index contributed by atoms with van der Waals surface area (Å²) in [4.78, 5) is 13.8. The maximum atomic E-state index is 12.0. The number of nitrogens with zero attached hydrogens (tertiary/aromatic N) is 3. The van der Waals surface area contributed by atoms with Crippen molar-refractivity contribution in [2.75, 3.05) is 13.1 Å². The molecule has 6 heteroatoms. The van der Waals surface area contributed by atoms with Crippen LogP contribution >= 0.6 is 15.9 Å². The molecular weight excluding hydrogens is 334 g/mol. The third kappa shape index (κ3) is 5.34. The summed E-state index contributed by atoms with van der Waals surface area (Å²) in [6.45, 7) is 8.23. The van der Waals surface area contributed by atoms with Gasteiger partial charge in [-0.05, 0) is 61.9 Å². The predicted molar refractivity (Wildman–Crippen MR) is 85.1 cm³/mol. The Morgan fingerprint density at radius 2 is 2.10 bits per heavy atom. The Morgan fingerprint density at radius 1 is 1.43 bits per heavy atom. The fourth-order valence-corrected chi connectivity index (χ4v) is 2.83. The highest BCUT2D eigenvalue weighted by molar-refractivity contribution is 9.10. The van der Waals surface area contributed by atoms with E-state index in [4.69, 9.17) is 4.74 Å². The number of carbonyl (C=O) groups is 1. The number of hydrogen-bond acceptors (Lipinski definition) is 3. The van der Waals surface area contributed by atoms with Gasteiger partial charge in [-0.25, -0.2) is 4.79 Å². The van der Waals surface area contributed by atoms with Crippen LogP contribution in [0.3, 0.4) is 0 Å². The zero-order valence-electron chi connectivity index (χ0n) is 13.0. The molecule has 21 heavy (non-hydrogen) atoms. The van der Waals surface area contributed by atoms with Crippen LogP contribution in [0.1, 0.15) is 40.0 Å². The Labute approximate surface area is 134 Å². The summed E-state index contributed by atoms with van der Waals surface area (Å²) in [5.41, 5.74) is -0.415. The first-order valence-corrected chi connectivity index (χ1v) is 8.29. The summed E-state index contributed by atoms with van der Waals surface area (Å²) in [7, 11) is 0. The van der Waals surface area contributed by atoms with Crippen LogP contribution in [0, 0.1) is 5.92 Å². The maximum absolute atomic E-state index is 12.0. The molecule has 1 fully saturated rings. The highest BCUT2D eigenvalue weighted by Gasteiger charge is 2.26. The average molecular weight is 358 g/mol. The van der Waals surface area contributed by atoms with E-state index in [1.165, 1.54) is 0 Å². The number of piperidine rings is 1. The van der Waals surface area contributed by atoms with Crippen molar-refractivity contribution >= 4 is 22.0 Å². The summed E-state index contributed by atoms with van der Waals surface area (Å²) >= 11 is 3.40. The monoisotopic (exact) mass is 357 g/mol. The summed E-state index contributed by atoms with van der Waals surface area (Å²) in [5.74, 6) is 0.659. The quantitative estimate of drug-likeness (QED) is 0.828. The fourth-order valence-electron chi connectivity index (χ4n) is 2.51. The van der Waals surface area contributed by atoms with Crippen molar-refractivity contribution in [1.29, 1.82) is 0 Å². The Balaban J connectivity index is 1.72. The van der Waals surface area contributed by atoms with E-state index in [1.807, 2.05) is 42.7 Å². The van der Waals surface area contributed by atoms with Crippen LogP contribution in [0.15, 0.2) is 16.9 Å². The van der Waals surface area contributed by atoms with E-state index in [1.54, 1.807) is 0 Å². The summed E-state index contributed by atoms with van der Waals surface area (Å²) in [6, 6.07) is 0. The smallest absolute Gasteiger partial charge is 0.410 e. The zero-order chi connectivity index (χ0) is 15.5. The standard InChI is InChI=1S/C15H24BrN3O2/c1-15(2,3)21-14(20)18-7-4-12(5-8-18)6-9-19-11-13(16)10-17-19/h10-12H,4-9H2,1-3H3. The molecular formula is C15H24BrN3O2. The first-order chi connectivity index (χ1) is 9.83. The van der Waals surface area contributed by atoms with Crippen molar-refractivity contribution in [3.8, 4) is 0 Å². The molecule has 0 radical (unpaired) electrons. The van der Waals surface area contributed by atoms with Gasteiger partial charge in [0.15, 0.2) is 0 Å². The average Bonchev–Trinajstić information content (AvgIpc) is 2.81. The SMILES string of the molecule is CC(C)(C)OC(=O)N1CCC(CCn2cc(Br)cn2)CC1. The minimum Gasteiger partial charge on any atom is -0.444 e. The molecule has 0 saturated carbocycles. The molecule has 118 valence electrons. The number of likely N-dealkylation sites (tertiary alicyclic amines) is 1. The second-order valence-corrected chi connectivity index (χ2v) is 7.54. The highest BCUT2D eigenvalue weighted by Crippen LogP contribution is 2.23. The van der Waals surface area contributed by atoms with Gasteiger partial charge >= 0.3 is 6.09 Å². The molecule has 1 aliphatic heterocycles. The first kappa shape index (κ1) is 16.3. The maximum Gasteiger partial charge on any atom is 0.410 e. The van der Waals surface area contributed by atoms with Gasteiger partial charge in [-0.3, -0.25) is 4.68 Å². The van der Waals surface area contributed by atoms with Crippen LogP contribution in [0.2, 0.25) is 0 Å². The van der Waals surface area contributed by atoms with E-state index in [2.05, 4.69) is 21.0 Å². The molecule has 5 nitrogen and oxygen atoms in total. The number of rotatable bonds is 3. The van der Waals surface area contributed by atoms with Crippen LogP contribution in [0.4, 0.5) is 4.79 Å². The molecule has 2 heterocycles. The molecule has 0 aliphatic carbocycles. The Bertz CT molecular complexity index is 474. The minimum absolute atomic E-state index is 0.183. The van der Waals surface area contributed by atoms with E-state index >= 15 is 0 Å². The Hall–Kier alpha value is -1.04. The molecule has 0 bridgehead atoms. The number of amides is 1. The minimum atomic E-state index is -0.415. The molecule has 2 rings (SSSR count). The van der Waals surface area contributed by atoms with Crippen LogP contribution in [-0.4, -0.2) is 39.5 Å². The van der Waals surface area contributed by atoms with Crippen molar-refractivity contribution < 1.29 is 9.53 Å². The number of aryl methyl sites for hydroxylation is 1. The topological polar surface area (TPSA) is 47.4 Å². The van der Waals surface area contributed by atoms with Crippen LogP contribution in [0.25, 0.3) is 0 Å². The van der Waals surface area contributed by atoms with E-state index in [-0.39, 0.29) is 6.09 Å².